The molecule has 1 fully saturated rings. The Morgan fingerprint density at radius 3 is 1.94 bits per heavy atom. The third-order valence-electron chi connectivity index (χ3n) is 6.85. The van der Waals surface area contributed by atoms with E-state index < -0.39 is 0 Å². The Labute approximate surface area is 190 Å². The summed E-state index contributed by atoms with van der Waals surface area (Å²) in [7, 11) is 2.22. The first-order valence-electron chi connectivity index (χ1n) is 11.8. The number of aryl methyl sites for hydroxylation is 3. The Balaban J connectivity index is 0.000000179. The lowest BCUT2D eigenvalue weighted by molar-refractivity contribution is 0.219. The molecule has 0 saturated carbocycles. The van der Waals surface area contributed by atoms with Crippen LogP contribution in [0.4, 0.5) is 0 Å². The van der Waals surface area contributed by atoms with Gasteiger partial charge in [0.1, 0.15) is 0 Å². The van der Waals surface area contributed by atoms with Crippen LogP contribution < -0.4 is 0 Å². The summed E-state index contributed by atoms with van der Waals surface area (Å²) < 4.78 is 0. The van der Waals surface area contributed by atoms with Gasteiger partial charge in [-0.1, -0.05) is 79.7 Å². The van der Waals surface area contributed by atoms with Crippen LogP contribution in [0.3, 0.4) is 0 Å². The van der Waals surface area contributed by atoms with E-state index in [1.165, 1.54) is 65.7 Å². The Morgan fingerprint density at radius 2 is 1.32 bits per heavy atom. The van der Waals surface area contributed by atoms with Crippen molar-refractivity contribution in [3.63, 3.8) is 0 Å². The van der Waals surface area contributed by atoms with Crippen LogP contribution in [0.5, 0.6) is 0 Å². The van der Waals surface area contributed by atoms with Crippen LogP contribution in [0.15, 0.2) is 72.8 Å². The predicted molar refractivity (Wildman–Crippen MR) is 135 cm³/mol. The van der Waals surface area contributed by atoms with Crippen LogP contribution in [0.25, 0.3) is 0 Å². The first kappa shape index (κ1) is 23.3. The van der Waals surface area contributed by atoms with Crippen molar-refractivity contribution >= 4 is 0 Å². The minimum atomic E-state index is 0.468. The first-order chi connectivity index (χ1) is 14.9. The monoisotopic (exact) mass is 413 g/mol. The second kappa shape index (κ2) is 11.3. The lowest BCUT2D eigenvalue weighted by Crippen LogP contribution is -2.30. The third kappa shape index (κ3) is 6.80. The van der Waals surface area contributed by atoms with Gasteiger partial charge in [0.05, 0.1) is 0 Å². The number of piperidine rings is 1. The highest BCUT2D eigenvalue weighted by Gasteiger charge is 2.16. The van der Waals surface area contributed by atoms with Gasteiger partial charge in [-0.25, -0.2) is 0 Å². The minimum Gasteiger partial charge on any atom is -0.306 e. The quantitative estimate of drug-likeness (QED) is 0.432. The molecule has 0 N–H and O–H groups in total. The molecule has 31 heavy (non-hydrogen) atoms. The third-order valence-corrected chi connectivity index (χ3v) is 6.85. The molecule has 0 amide bonds. The van der Waals surface area contributed by atoms with Gasteiger partial charge in [-0.05, 0) is 99.5 Å². The van der Waals surface area contributed by atoms with Crippen LogP contribution in [-0.2, 0) is 6.42 Å². The molecule has 1 nitrogen and oxygen atoms in total. The van der Waals surface area contributed by atoms with Crippen molar-refractivity contribution < 1.29 is 0 Å². The number of benzene rings is 3. The van der Waals surface area contributed by atoms with Crippen molar-refractivity contribution in [1.29, 1.82) is 0 Å². The molecule has 0 aliphatic carbocycles. The molecule has 1 atom stereocenters. The normalized spacial score (nSPS) is 15.8. The molecule has 1 heterocycles. The number of likely N-dealkylation sites (tertiary alicyclic amines) is 1. The van der Waals surface area contributed by atoms with E-state index in [0.29, 0.717) is 5.92 Å². The molecule has 4 rings (SSSR count). The van der Waals surface area contributed by atoms with Gasteiger partial charge in [0.2, 0.25) is 0 Å². The number of hydrogen-bond donors (Lipinski definition) is 0. The van der Waals surface area contributed by atoms with E-state index in [1.54, 1.807) is 0 Å². The maximum atomic E-state index is 2.43. The largest absolute Gasteiger partial charge is 0.306 e. The van der Waals surface area contributed by atoms with Crippen molar-refractivity contribution in [2.45, 2.75) is 52.9 Å². The summed E-state index contributed by atoms with van der Waals surface area (Å²) in [6.07, 6.45) is 4.01. The molecule has 0 bridgehead atoms. The zero-order valence-electron chi connectivity index (χ0n) is 20.1. The molecular weight excluding hydrogens is 374 g/mol. The zero-order chi connectivity index (χ0) is 22.2. The van der Waals surface area contributed by atoms with Crippen molar-refractivity contribution in [2.75, 3.05) is 20.1 Å². The predicted octanol–water partition coefficient (Wildman–Crippen LogP) is 7.33. The van der Waals surface area contributed by atoms with Gasteiger partial charge >= 0.3 is 0 Å². The Hall–Kier alpha value is -2.38. The molecule has 3 aromatic carbocycles. The van der Waals surface area contributed by atoms with Gasteiger partial charge in [-0.3, -0.25) is 0 Å². The number of hydrogen-bond acceptors (Lipinski definition) is 1. The molecule has 1 heteroatoms. The Kier molecular flexibility index (Phi) is 8.49. The smallest absolute Gasteiger partial charge is 0.00637 e. The van der Waals surface area contributed by atoms with E-state index in [0.717, 1.165) is 5.92 Å². The fraction of sp³-hybridized carbons (Fsp3) is 0.400. The van der Waals surface area contributed by atoms with Crippen molar-refractivity contribution in [1.82, 2.24) is 4.90 Å². The van der Waals surface area contributed by atoms with Crippen LogP contribution in [0.1, 0.15) is 59.1 Å². The van der Waals surface area contributed by atoms with E-state index in [2.05, 4.69) is 112 Å². The van der Waals surface area contributed by atoms with Gasteiger partial charge < -0.3 is 4.90 Å². The SMILES string of the molecule is CN1CCC(Cc2ccccc2)CC1.Cc1cc(C)c(C(C)c2ccccc2)cc1C. The maximum Gasteiger partial charge on any atom is 0.00637 e. The molecule has 0 radical (unpaired) electrons. The first-order valence-corrected chi connectivity index (χ1v) is 11.8. The summed E-state index contributed by atoms with van der Waals surface area (Å²) in [6, 6.07) is 26.2. The molecule has 1 aliphatic rings. The van der Waals surface area contributed by atoms with Gasteiger partial charge in [-0.2, -0.15) is 0 Å². The van der Waals surface area contributed by atoms with Crippen LogP contribution >= 0.6 is 0 Å². The number of nitrogens with zero attached hydrogens (tertiary/aromatic N) is 1. The number of rotatable bonds is 4. The van der Waals surface area contributed by atoms with E-state index in [-0.39, 0.29) is 0 Å². The van der Waals surface area contributed by atoms with Crippen molar-refractivity contribution in [2.24, 2.45) is 5.92 Å². The van der Waals surface area contributed by atoms with Gasteiger partial charge in [0.15, 0.2) is 0 Å². The maximum absolute atomic E-state index is 2.43. The van der Waals surface area contributed by atoms with Crippen molar-refractivity contribution in [3.8, 4) is 0 Å². The van der Waals surface area contributed by atoms with Crippen LogP contribution in [-0.4, -0.2) is 25.0 Å². The van der Waals surface area contributed by atoms with Gasteiger partial charge in [0, 0.05) is 5.92 Å². The molecule has 3 aromatic rings. The summed E-state index contributed by atoms with van der Waals surface area (Å²) in [6.45, 7) is 11.4. The Bertz CT molecular complexity index is 921. The molecular formula is C30H39N. The van der Waals surface area contributed by atoms with Crippen molar-refractivity contribution in [3.05, 3.63) is 106 Å². The summed E-state index contributed by atoms with van der Waals surface area (Å²) in [5.41, 5.74) is 8.49. The second-order valence-electron chi connectivity index (χ2n) is 9.36. The topological polar surface area (TPSA) is 3.24 Å². The summed E-state index contributed by atoms with van der Waals surface area (Å²) in [5, 5.41) is 0. The zero-order valence-corrected chi connectivity index (χ0v) is 20.1. The average Bonchev–Trinajstić information content (AvgIpc) is 2.79. The highest BCUT2D eigenvalue weighted by Crippen LogP contribution is 2.28. The standard InChI is InChI=1S/C17H20.C13H19N/c1-12-10-14(3)17(11-13(12)2)15(4)16-8-6-5-7-9-16;1-14-9-7-13(8-10-14)11-12-5-3-2-4-6-12/h5-11,15H,1-4H3;2-6,13H,7-11H2,1H3. The molecule has 1 aliphatic heterocycles. The lowest BCUT2D eigenvalue weighted by atomic mass is 9.88. The molecule has 0 spiro atoms. The molecule has 164 valence electrons. The van der Waals surface area contributed by atoms with E-state index >= 15 is 0 Å². The molecule has 0 aromatic heterocycles. The second-order valence-corrected chi connectivity index (χ2v) is 9.36. The summed E-state index contributed by atoms with van der Waals surface area (Å²) in [5.74, 6) is 1.38. The lowest BCUT2D eigenvalue weighted by Gasteiger charge is -2.28. The molecule has 1 saturated heterocycles. The van der Waals surface area contributed by atoms with Gasteiger partial charge in [0.25, 0.3) is 0 Å². The van der Waals surface area contributed by atoms with E-state index in [4.69, 9.17) is 0 Å². The fourth-order valence-corrected chi connectivity index (χ4v) is 4.58. The van der Waals surface area contributed by atoms with Crippen LogP contribution in [0.2, 0.25) is 0 Å². The fourth-order valence-electron chi connectivity index (χ4n) is 4.58. The highest BCUT2D eigenvalue weighted by atomic mass is 15.1. The minimum absolute atomic E-state index is 0.468. The highest BCUT2D eigenvalue weighted by molar-refractivity contribution is 5.42. The average molecular weight is 414 g/mol. The Morgan fingerprint density at radius 1 is 0.774 bits per heavy atom. The van der Waals surface area contributed by atoms with Crippen LogP contribution in [0, 0.1) is 26.7 Å². The molecule has 1 unspecified atom stereocenters. The van der Waals surface area contributed by atoms with E-state index in [1.807, 2.05) is 0 Å². The van der Waals surface area contributed by atoms with Gasteiger partial charge in [-0.15, -0.1) is 0 Å². The summed E-state index contributed by atoms with van der Waals surface area (Å²) >= 11 is 0. The van der Waals surface area contributed by atoms with E-state index in [9.17, 15) is 0 Å². The summed E-state index contributed by atoms with van der Waals surface area (Å²) in [4.78, 5) is 2.43.